The Morgan fingerprint density at radius 3 is 2.35 bits per heavy atom. The van der Waals surface area contributed by atoms with Crippen LogP contribution < -0.4 is 0 Å². The minimum Gasteiger partial charge on any atom is -0.393 e. The van der Waals surface area contributed by atoms with Crippen molar-refractivity contribution in [2.45, 2.75) is 85.7 Å². The number of aliphatic hydroxyl groups excluding tert-OH is 1. The third kappa shape index (κ3) is 2.16. The molecule has 0 aliphatic heterocycles. The molecular formula is C19H34O. The largest absolute Gasteiger partial charge is 0.393 e. The number of fused-ring (bicyclic) bond motifs is 3. The predicted molar refractivity (Wildman–Crippen MR) is 84.5 cm³/mol. The van der Waals surface area contributed by atoms with Crippen LogP contribution in [0.25, 0.3) is 0 Å². The summed E-state index contributed by atoms with van der Waals surface area (Å²) in [7, 11) is 0. The number of hydrogen-bond acceptors (Lipinski definition) is 1. The smallest absolute Gasteiger partial charge is 0.0574 e. The van der Waals surface area contributed by atoms with Gasteiger partial charge in [-0.2, -0.15) is 0 Å². The lowest BCUT2D eigenvalue weighted by atomic mass is 9.43. The highest BCUT2D eigenvalue weighted by Gasteiger charge is 2.58. The molecule has 0 aromatic carbocycles. The van der Waals surface area contributed by atoms with Gasteiger partial charge in [-0.05, 0) is 72.5 Å². The van der Waals surface area contributed by atoms with Gasteiger partial charge in [-0.1, -0.05) is 41.0 Å². The van der Waals surface area contributed by atoms with E-state index in [4.69, 9.17) is 0 Å². The first kappa shape index (κ1) is 14.9. The summed E-state index contributed by atoms with van der Waals surface area (Å²) in [6, 6.07) is 0. The first-order valence-corrected chi connectivity index (χ1v) is 8.84. The third-order valence-corrected chi connectivity index (χ3v) is 7.53. The predicted octanol–water partition coefficient (Wildman–Crippen LogP) is 5.03. The second-order valence-electron chi connectivity index (χ2n) is 9.88. The molecule has 0 heterocycles. The Labute approximate surface area is 125 Å². The highest BCUT2D eigenvalue weighted by atomic mass is 16.3. The van der Waals surface area contributed by atoms with E-state index in [1.807, 2.05) is 0 Å². The molecule has 0 amide bonds. The van der Waals surface area contributed by atoms with Crippen LogP contribution >= 0.6 is 0 Å². The van der Waals surface area contributed by atoms with Gasteiger partial charge in [0.2, 0.25) is 0 Å². The molecule has 0 bridgehead atoms. The van der Waals surface area contributed by atoms with Crippen molar-refractivity contribution in [1.29, 1.82) is 0 Å². The SMILES string of the molecule is CC1(C)CCC2C(C1)C(O)CC1C(C)(C)CCCC21C. The summed E-state index contributed by atoms with van der Waals surface area (Å²) in [4.78, 5) is 0. The zero-order valence-electron chi connectivity index (χ0n) is 14.2. The molecule has 0 aromatic rings. The van der Waals surface area contributed by atoms with Crippen LogP contribution in [-0.4, -0.2) is 11.2 Å². The average molecular weight is 278 g/mol. The molecule has 0 spiro atoms. The first-order valence-electron chi connectivity index (χ1n) is 8.84. The third-order valence-electron chi connectivity index (χ3n) is 7.53. The summed E-state index contributed by atoms with van der Waals surface area (Å²) < 4.78 is 0. The zero-order valence-corrected chi connectivity index (χ0v) is 14.2. The van der Waals surface area contributed by atoms with E-state index >= 15 is 0 Å². The lowest BCUT2D eigenvalue weighted by Gasteiger charge is -2.63. The lowest BCUT2D eigenvalue weighted by Crippen LogP contribution is -2.57. The molecule has 20 heavy (non-hydrogen) atoms. The minimum atomic E-state index is -0.0463. The van der Waals surface area contributed by atoms with Crippen molar-refractivity contribution in [3.05, 3.63) is 0 Å². The van der Waals surface area contributed by atoms with E-state index in [-0.39, 0.29) is 6.10 Å². The maximum Gasteiger partial charge on any atom is 0.0574 e. The highest BCUT2D eigenvalue weighted by Crippen LogP contribution is 2.65. The second-order valence-corrected chi connectivity index (χ2v) is 9.88. The zero-order chi connectivity index (χ0) is 14.8. The Hall–Kier alpha value is -0.0400. The molecule has 3 aliphatic rings. The summed E-state index contributed by atoms with van der Waals surface area (Å²) in [5.74, 6) is 2.05. The summed E-state index contributed by atoms with van der Waals surface area (Å²) in [6.07, 6.45) is 9.08. The van der Waals surface area contributed by atoms with Crippen LogP contribution in [-0.2, 0) is 0 Å². The quantitative estimate of drug-likeness (QED) is 0.659. The van der Waals surface area contributed by atoms with Crippen molar-refractivity contribution >= 4 is 0 Å². The molecule has 0 aromatic heterocycles. The van der Waals surface area contributed by atoms with Gasteiger partial charge in [0, 0.05) is 0 Å². The molecule has 1 N–H and O–H groups in total. The second kappa shape index (κ2) is 4.48. The fraction of sp³-hybridized carbons (Fsp3) is 1.00. The van der Waals surface area contributed by atoms with Crippen LogP contribution in [0.4, 0.5) is 0 Å². The van der Waals surface area contributed by atoms with E-state index < -0.39 is 0 Å². The molecule has 3 fully saturated rings. The van der Waals surface area contributed by atoms with Crippen LogP contribution in [0.2, 0.25) is 0 Å². The van der Waals surface area contributed by atoms with Crippen LogP contribution in [0.3, 0.4) is 0 Å². The van der Waals surface area contributed by atoms with Crippen LogP contribution in [0.1, 0.15) is 79.6 Å². The highest BCUT2D eigenvalue weighted by molar-refractivity contribution is 5.07. The molecule has 0 saturated heterocycles. The molecule has 3 rings (SSSR count). The van der Waals surface area contributed by atoms with Gasteiger partial charge in [0.1, 0.15) is 0 Å². The van der Waals surface area contributed by atoms with Gasteiger partial charge in [0.15, 0.2) is 0 Å². The molecule has 1 heteroatoms. The van der Waals surface area contributed by atoms with Crippen molar-refractivity contribution in [3.63, 3.8) is 0 Å². The van der Waals surface area contributed by atoms with Gasteiger partial charge in [-0.25, -0.2) is 0 Å². The molecule has 116 valence electrons. The Morgan fingerprint density at radius 1 is 0.950 bits per heavy atom. The number of rotatable bonds is 0. The molecule has 1 nitrogen and oxygen atoms in total. The summed E-state index contributed by atoms with van der Waals surface area (Å²) in [5, 5.41) is 10.8. The van der Waals surface area contributed by atoms with Crippen LogP contribution in [0, 0.1) is 34.0 Å². The average Bonchev–Trinajstić information content (AvgIpc) is 2.31. The van der Waals surface area contributed by atoms with Crippen molar-refractivity contribution in [2.24, 2.45) is 34.0 Å². The Kier molecular flexibility index (Phi) is 3.33. The maximum atomic E-state index is 10.8. The van der Waals surface area contributed by atoms with E-state index in [1.54, 1.807) is 0 Å². The molecule has 3 saturated carbocycles. The molecule has 5 atom stereocenters. The Balaban J connectivity index is 1.93. The Morgan fingerprint density at radius 2 is 1.65 bits per heavy atom. The van der Waals surface area contributed by atoms with Gasteiger partial charge in [0.25, 0.3) is 0 Å². The van der Waals surface area contributed by atoms with E-state index in [0.29, 0.717) is 22.2 Å². The van der Waals surface area contributed by atoms with E-state index in [2.05, 4.69) is 34.6 Å². The van der Waals surface area contributed by atoms with E-state index in [9.17, 15) is 5.11 Å². The molecular weight excluding hydrogens is 244 g/mol. The summed E-state index contributed by atoms with van der Waals surface area (Å²) in [5.41, 5.74) is 1.35. The van der Waals surface area contributed by atoms with Gasteiger partial charge < -0.3 is 5.11 Å². The number of aliphatic hydroxyl groups is 1. The van der Waals surface area contributed by atoms with E-state index in [0.717, 1.165) is 18.3 Å². The summed E-state index contributed by atoms with van der Waals surface area (Å²) in [6.45, 7) is 12.3. The monoisotopic (exact) mass is 278 g/mol. The van der Waals surface area contributed by atoms with Crippen molar-refractivity contribution in [2.75, 3.05) is 0 Å². The fourth-order valence-corrected chi connectivity index (χ4v) is 6.48. The van der Waals surface area contributed by atoms with Crippen LogP contribution in [0.15, 0.2) is 0 Å². The topological polar surface area (TPSA) is 20.2 Å². The van der Waals surface area contributed by atoms with Crippen molar-refractivity contribution in [3.8, 4) is 0 Å². The van der Waals surface area contributed by atoms with Gasteiger partial charge >= 0.3 is 0 Å². The summed E-state index contributed by atoms with van der Waals surface area (Å²) >= 11 is 0. The molecule has 3 aliphatic carbocycles. The van der Waals surface area contributed by atoms with E-state index in [1.165, 1.54) is 38.5 Å². The minimum absolute atomic E-state index is 0.0463. The van der Waals surface area contributed by atoms with Crippen molar-refractivity contribution in [1.82, 2.24) is 0 Å². The molecule has 0 radical (unpaired) electrons. The van der Waals surface area contributed by atoms with Gasteiger partial charge in [-0.15, -0.1) is 0 Å². The first-order chi connectivity index (χ1) is 9.16. The molecule has 5 unspecified atom stereocenters. The normalized spacial score (nSPS) is 50.1. The van der Waals surface area contributed by atoms with Gasteiger partial charge in [-0.3, -0.25) is 0 Å². The fourth-order valence-electron chi connectivity index (χ4n) is 6.48. The van der Waals surface area contributed by atoms with Crippen LogP contribution in [0.5, 0.6) is 0 Å². The Bertz CT molecular complexity index is 383. The van der Waals surface area contributed by atoms with Crippen molar-refractivity contribution < 1.29 is 5.11 Å². The maximum absolute atomic E-state index is 10.8. The standard InChI is InChI=1S/C19H34O/c1-17(2)10-7-14-13(12-17)15(20)11-16-18(3,4)8-6-9-19(14,16)5/h13-16,20H,6-12H2,1-5H3. The number of hydrogen-bond donors (Lipinski definition) is 1. The van der Waals surface area contributed by atoms with Gasteiger partial charge in [0.05, 0.1) is 6.10 Å². The lowest BCUT2D eigenvalue weighted by molar-refractivity contribution is -0.166.